The van der Waals surface area contributed by atoms with Gasteiger partial charge in [-0.3, -0.25) is 9.79 Å². The van der Waals surface area contributed by atoms with Crippen LogP contribution in [0.4, 0.5) is 13.2 Å². The predicted octanol–water partition coefficient (Wildman–Crippen LogP) is 1.96. The smallest absolute Gasteiger partial charge is 0.356 e. The number of carbonyl (C=O) groups is 1. The minimum Gasteiger partial charge on any atom is -0.356 e. The van der Waals surface area contributed by atoms with Gasteiger partial charge in [-0.1, -0.05) is 0 Å². The monoisotopic (exact) mass is 362 g/mol. The number of nitrogens with one attached hydrogen (secondary N) is 3. The summed E-state index contributed by atoms with van der Waals surface area (Å²) < 4.78 is 37.4. The Labute approximate surface area is 143 Å². The fourth-order valence-electron chi connectivity index (χ4n) is 1.76. The summed E-state index contributed by atoms with van der Waals surface area (Å²) in [4.78, 5) is 15.9. The van der Waals surface area contributed by atoms with Crippen LogP contribution in [0.15, 0.2) is 29.3 Å². The van der Waals surface area contributed by atoms with Crippen molar-refractivity contribution in [1.29, 1.82) is 0 Å². The molecule has 0 bridgehead atoms. The Morgan fingerprint density at radius 2 is 1.67 bits per heavy atom. The number of amides is 1. The molecule has 0 saturated carbocycles. The van der Waals surface area contributed by atoms with Gasteiger partial charge >= 0.3 is 6.18 Å². The molecule has 0 aliphatic rings. The summed E-state index contributed by atoms with van der Waals surface area (Å²) in [6.45, 7) is 1.55. The van der Waals surface area contributed by atoms with Gasteiger partial charge in [-0.25, -0.2) is 0 Å². The third kappa shape index (κ3) is 7.12. The topological polar surface area (TPSA) is 65.5 Å². The van der Waals surface area contributed by atoms with Gasteiger partial charge < -0.3 is 16.0 Å². The first kappa shape index (κ1) is 20.1. The highest BCUT2D eigenvalue weighted by Crippen LogP contribution is 2.28. The van der Waals surface area contributed by atoms with E-state index >= 15 is 0 Å². The lowest BCUT2D eigenvalue weighted by Crippen LogP contribution is -2.42. The third-order valence-corrected chi connectivity index (χ3v) is 3.61. The van der Waals surface area contributed by atoms with Crippen molar-refractivity contribution < 1.29 is 18.0 Å². The van der Waals surface area contributed by atoms with E-state index in [0.717, 1.165) is 36.6 Å². The fourth-order valence-corrected chi connectivity index (χ4v) is 2.07. The maximum atomic E-state index is 12.5. The summed E-state index contributed by atoms with van der Waals surface area (Å²) in [6.07, 6.45) is -2.40. The van der Waals surface area contributed by atoms with Crippen LogP contribution in [0.25, 0.3) is 0 Å². The number of aliphatic imine (C=N–C) groups is 1. The second kappa shape index (κ2) is 10.1. The van der Waals surface area contributed by atoms with Crippen molar-refractivity contribution in [2.24, 2.45) is 4.99 Å². The minimum atomic E-state index is -4.40. The largest absolute Gasteiger partial charge is 0.416 e. The van der Waals surface area contributed by atoms with Crippen LogP contribution in [0, 0.1) is 0 Å². The highest BCUT2D eigenvalue weighted by molar-refractivity contribution is 7.98. The first-order valence-corrected chi connectivity index (χ1v) is 8.66. The van der Waals surface area contributed by atoms with Gasteiger partial charge in [0.2, 0.25) is 0 Å². The number of benzene rings is 1. The van der Waals surface area contributed by atoms with Crippen LogP contribution in [-0.4, -0.2) is 50.6 Å². The molecule has 0 aromatic heterocycles. The molecular formula is C15H21F3N4OS. The number of halogens is 3. The van der Waals surface area contributed by atoms with E-state index in [4.69, 9.17) is 0 Å². The minimum absolute atomic E-state index is 0.186. The van der Waals surface area contributed by atoms with Crippen molar-refractivity contribution in [3.05, 3.63) is 35.4 Å². The van der Waals surface area contributed by atoms with Crippen LogP contribution in [0.2, 0.25) is 0 Å². The number of hydrogen-bond donors (Lipinski definition) is 3. The maximum Gasteiger partial charge on any atom is 0.416 e. The number of thioether (sulfide) groups is 1. The van der Waals surface area contributed by atoms with Gasteiger partial charge in [-0.15, -0.1) is 0 Å². The molecule has 3 N–H and O–H groups in total. The van der Waals surface area contributed by atoms with Crippen LogP contribution >= 0.6 is 11.8 Å². The molecule has 134 valence electrons. The zero-order valence-electron chi connectivity index (χ0n) is 13.5. The van der Waals surface area contributed by atoms with Crippen LogP contribution in [0.1, 0.15) is 15.9 Å². The molecule has 0 atom stereocenters. The number of hydrogen-bond acceptors (Lipinski definition) is 3. The van der Waals surface area contributed by atoms with E-state index in [2.05, 4.69) is 20.9 Å². The van der Waals surface area contributed by atoms with Gasteiger partial charge in [0.1, 0.15) is 0 Å². The molecule has 1 aromatic rings. The van der Waals surface area contributed by atoms with Crippen LogP contribution in [0.3, 0.4) is 0 Å². The Morgan fingerprint density at radius 1 is 1.08 bits per heavy atom. The first-order chi connectivity index (χ1) is 11.4. The standard InChI is InChI=1S/C15H21F3N4OS/c1-19-14(22-9-10-24-2)21-8-7-20-13(23)11-3-5-12(6-4-11)15(16,17)18/h3-6H,7-10H2,1-2H3,(H,20,23)(H2,19,21,22). The molecule has 0 saturated heterocycles. The second-order valence-electron chi connectivity index (χ2n) is 4.75. The first-order valence-electron chi connectivity index (χ1n) is 7.27. The molecule has 9 heteroatoms. The fraction of sp³-hybridized carbons (Fsp3) is 0.467. The van der Waals surface area contributed by atoms with E-state index < -0.39 is 17.6 Å². The van der Waals surface area contributed by atoms with E-state index in [-0.39, 0.29) is 5.56 Å². The molecule has 0 heterocycles. The Bertz CT molecular complexity index is 547. The third-order valence-electron chi connectivity index (χ3n) is 3.00. The molecular weight excluding hydrogens is 341 g/mol. The van der Waals surface area contributed by atoms with E-state index in [0.29, 0.717) is 19.0 Å². The average molecular weight is 362 g/mol. The van der Waals surface area contributed by atoms with E-state index in [1.807, 2.05) is 6.26 Å². The van der Waals surface area contributed by atoms with Crippen molar-refractivity contribution in [3.8, 4) is 0 Å². The van der Waals surface area contributed by atoms with Crippen molar-refractivity contribution >= 4 is 23.6 Å². The lowest BCUT2D eigenvalue weighted by Gasteiger charge is -2.12. The maximum absolute atomic E-state index is 12.5. The van der Waals surface area contributed by atoms with Gasteiger partial charge in [0, 0.05) is 38.0 Å². The van der Waals surface area contributed by atoms with Crippen LogP contribution in [0.5, 0.6) is 0 Å². The summed E-state index contributed by atoms with van der Waals surface area (Å²) in [6, 6.07) is 4.11. The number of guanidine groups is 1. The number of nitrogens with zero attached hydrogens (tertiary/aromatic N) is 1. The Hall–Kier alpha value is -1.90. The number of carbonyl (C=O) groups excluding carboxylic acids is 1. The van der Waals surface area contributed by atoms with Gasteiger partial charge in [-0.05, 0) is 30.5 Å². The Balaban J connectivity index is 2.36. The van der Waals surface area contributed by atoms with Gasteiger partial charge in [-0.2, -0.15) is 24.9 Å². The molecule has 1 aromatic carbocycles. The van der Waals surface area contributed by atoms with Crippen molar-refractivity contribution in [3.63, 3.8) is 0 Å². The molecule has 24 heavy (non-hydrogen) atoms. The van der Waals surface area contributed by atoms with Gasteiger partial charge in [0.05, 0.1) is 5.56 Å². The lowest BCUT2D eigenvalue weighted by atomic mass is 10.1. The SMILES string of the molecule is CN=C(NCCNC(=O)c1ccc(C(F)(F)F)cc1)NCCSC. The van der Waals surface area contributed by atoms with Crippen molar-refractivity contribution in [1.82, 2.24) is 16.0 Å². The van der Waals surface area contributed by atoms with Crippen molar-refractivity contribution in [2.45, 2.75) is 6.18 Å². The van der Waals surface area contributed by atoms with Crippen molar-refractivity contribution in [2.75, 3.05) is 38.7 Å². The molecule has 0 spiro atoms. The summed E-state index contributed by atoms with van der Waals surface area (Å²) in [5.74, 6) is 1.16. The summed E-state index contributed by atoms with van der Waals surface area (Å²) >= 11 is 1.71. The average Bonchev–Trinajstić information content (AvgIpc) is 2.56. The highest BCUT2D eigenvalue weighted by atomic mass is 32.2. The number of alkyl halides is 3. The van der Waals surface area contributed by atoms with E-state index in [1.165, 1.54) is 0 Å². The molecule has 1 amide bonds. The highest BCUT2D eigenvalue weighted by Gasteiger charge is 2.30. The van der Waals surface area contributed by atoms with Crippen LogP contribution in [-0.2, 0) is 6.18 Å². The van der Waals surface area contributed by atoms with Crippen LogP contribution < -0.4 is 16.0 Å². The zero-order valence-corrected chi connectivity index (χ0v) is 14.4. The summed E-state index contributed by atoms with van der Waals surface area (Å²) in [5, 5.41) is 8.77. The molecule has 0 fully saturated rings. The Kier molecular flexibility index (Phi) is 8.45. The molecule has 1 rings (SSSR count). The normalized spacial score (nSPS) is 12.0. The Morgan fingerprint density at radius 3 is 2.21 bits per heavy atom. The number of rotatable bonds is 7. The van der Waals surface area contributed by atoms with Gasteiger partial charge in [0.15, 0.2) is 5.96 Å². The predicted molar refractivity (Wildman–Crippen MR) is 91.5 cm³/mol. The molecule has 5 nitrogen and oxygen atoms in total. The molecule has 0 aliphatic heterocycles. The molecule has 0 unspecified atom stereocenters. The van der Waals surface area contributed by atoms with Gasteiger partial charge in [0.25, 0.3) is 5.91 Å². The van der Waals surface area contributed by atoms with E-state index in [1.54, 1.807) is 18.8 Å². The summed E-state index contributed by atoms with van der Waals surface area (Å²) in [7, 11) is 1.65. The zero-order chi connectivity index (χ0) is 18.0. The van der Waals surface area contributed by atoms with E-state index in [9.17, 15) is 18.0 Å². The quantitative estimate of drug-likeness (QED) is 0.394. The second-order valence-corrected chi connectivity index (χ2v) is 5.74. The summed E-state index contributed by atoms with van der Waals surface area (Å²) in [5.41, 5.74) is -0.591. The molecule has 0 radical (unpaired) electrons. The lowest BCUT2D eigenvalue weighted by molar-refractivity contribution is -0.137. The molecule has 0 aliphatic carbocycles.